The molecule has 1 aromatic heterocycles. The Morgan fingerprint density at radius 1 is 1.23 bits per heavy atom. The lowest BCUT2D eigenvalue weighted by Gasteiger charge is -2.25. The molecule has 1 aliphatic rings. The molecule has 134 valence electrons. The van der Waals surface area contributed by atoms with Crippen molar-refractivity contribution in [1.82, 2.24) is 15.1 Å². The Balaban J connectivity index is 1.62. The zero-order chi connectivity index (χ0) is 18.3. The second kappa shape index (κ2) is 6.48. The molecule has 0 unspecified atom stereocenters. The van der Waals surface area contributed by atoms with Crippen LogP contribution in [-0.2, 0) is 0 Å². The largest absolute Gasteiger partial charge is 0.382 e. The highest BCUT2D eigenvalue weighted by molar-refractivity contribution is 6.00. The van der Waals surface area contributed by atoms with Crippen molar-refractivity contribution in [2.24, 2.45) is 0 Å². The Morgan fingerprint density at radius 3 is 2.73 bits per heavy atom. The molecule has 1 aliphatic heterocycles. The lowest BCUT2D eigenvalue weighted by molar-refractivity contribution is 0.0736. The molecule has 0 spiro atoms. The fourth-order valence-corrected chi connectivity index (χ4v) is 3.79. The molecule has 5 heteroatoms. The van der Waals surface area contributed by atoms with Gasteiger partial charge in [0.1, 0.15) is 0 Å². The third-order valence-electron chi connectivity index (χ3n) is 5.34. The molecule has 3 aromatic rings. The number of hydrogen-bond donors (Lipinski definition) is 2. The van der Waals surface area contributed by atoms with E-state index in [2.05, 4.69) is 48.3 Å². The van der Waals surface area contributed by atoms with Crippen molar-refractivity contribution in [2.75, 3.05) is 12.3 Å². The molecular weight excluding hydrogens is 324 g/mol. The second-order valence-corrected chi connectivity index (χ2v) is 7.35. The molecule has 0 radical (unpaired) electrons. The lowest BCUT2D eigenvalue weighted by Crippen LogP contribution is -2.30. The number of hydrogen-bond acceptors (Lipinski definition) is 3. The Kier molecular flexibility index (Phi) is 4.15. The van der Waals surface area contributed by atoms with Crippen LogP contribution in [0, 0.1) is 0 Å². The highest BCUT2D eigenvalue weighted by Crippen LogP contribution is 2.34. The van der Waals surface area contributed by atoms with Gasteiger partial charge in [0, 0.05) is 17.5 Å². The summed E-state index contributed by atoms with van der Waals surface area (Å²) >= 11 is 0. The zero-order valence-electron chi connectivity index (χ0n) is 15.2. The molecule has 1 atom stereocenters. The van der Waals surface area contributed by atoms with Crippen molar-refractivity contribution in [3.05, 3.63) is 59.2 Å². The third-order valence-corrected chi connectivity index (χ3v) is 5.34. The number of nitrogens with zero attached hydrogens (tertiary/aromatic N) is 2. The van der Waals surface area contributed by atoms with E-state index in [1.165, 1.54) is 11.1 Å². The first-order valence-corrected chi connectivity index (χ1v) is 9.19. The quantitative estimate of drug-likeness (QED) is 0.743. The van der Waals surface area contributed by atoms with Gasteiger partial charge < -0.3 is 10.6 Å². The number of rotatable bonds is 3. The summed E-state index contributed by atoms with van der Waals surface area (Å²) in [4.78, 5) is 15.1. The lowest BCUT2D eigenvalue weighted by atomic mass is 9.98. The van der Waals surface area contributed by atoms with E-state index in [1.54, 1.807) is 0 Å². The second-order valence-electron chi connectivity index (χ2n) is 7.35. The Bertz CT molecular complexity index is 942. The predicted molar refractivity (Wildman–Crippen MR) is 104 cm³/mol. The van der Waals surface area contributed by atoms with Gasteiger partial charge in [-0.15, -0.1) is 0 Å². The average molecular weight is 348 g/mol. The fraction of sp³-hybridized carbons (Fsp3) is 0.333. The number of nitrogens with two attached hydrogens (primary N) is 1. The van der Waals surface area contributed by atoms with Crippen molar-refractivity contribution in [1.29, 1.82) is 0 Å². The first-order valence-electron chi connectivity index (χ1n) is 9.19. The average Bonchev–Trinajstić information content (AvgIpc) is 3.28. The number of fused-ring (bicyclic) bond motifs is 1. The number of aromatic amines is 1. The molecule has 4 rings (SSSR count). The summed E-state index contributed by atoms with van der Waals surface area (Å²) in [5, 5.41) is 7.68. The summed E-state index contributed by atoms with van der Waals surface area (Å²) in [6.45, 7) is 5.17. The zero-order valence-corrected chi connectivity index (χ0v) is 15.2. The van der Waals surface area contributed by atoms with Gasteiger partial charge in [-0.2, -0.15) is 5.10 Å². The first kappa shape index (κ1) is 16.6. The van der Waals surface area contributed by atoms with Crippen molar-refractivity contribution in [3.63, 3.8) is 0 Å². The number of nitrogen functional groups attached to an aromatic ring is 1. The minimum Gasteiger partial charge on any atom is -0.382 e. The summed E-state index contributed by atoms with van der Waals surface area (Å²) in [5.41, 5.74) is 9.94. The topological polar surface area (TPSA) is 75.0 Å². The normalized spacial score (nSPS) is 17.3. The molecule has 2 aromatic carbocycles. The summed E-state index contributed by atoms with van der Waals surface area (Å²) < 4.78 is 0. The number of aromatic nitrogens is 2. The fourth-order valence-electron chi connectivity index (χ4n) is 3.79. The summed E-state index contributed by atoms with van der Waals surface area (Å²) in [5.74, 6) is 0.998. The number of benzene rings is 2. The maximum Gasteiger partial charge on any atom is 0.254 e. The van der Waals surface area contributed by atoms with Gasteiger partial charge in [0.25, 0.3) is 5.91 Å². The number of carbonyl (C=O) groups is 1. The van der Waals surface area contributed by atoms with Crippen LogP contribution in [0.4, 0.5) is 5.82 Å². The van der Waals surface area contributed by atoms with Gasteiger partial charge in [0.15, 0.2) is 5.82 Å². The van der Waals surface area contributed by atoms with Crippen LogP contribution in [0.25, 0.3) is 10.9 Å². The van der Waals surface area contributed by atoms with Crippen molar-refractivity contribution in [3.8, 4) is 0 Å². The number of likely N-dealkylation sites (tertiary alicyclic amines) is 1. The van der Waals surface area contributed by atoms with E-state index in [-0.39, 0.29) is 11.9 Å². The smallest absolute Gasteiger partial charge is 0.254 e. The van der Waals surface area contributed by atoms with Gasteiger partial charge in [-0.25, -0.2) is 0 Å². The predicted octanol–water partition coefficient (Wildman–Crippen LogP) is 4.25. The Morgan fingerprint density at radius 2 is 2.00 bits per heavy atom. The standard InChI is InChI=1S/C21H24N4O/c1-13(2)14-5-7-15(8-6-14)19-4-3-11-25(19)21(26)16-9-10-18-17(12-16)20(22)24-23-18/h5-10,12-13,19H,3-4,11H2,1-2H3,(H3,22,23,24)/t19-/m0/s1. The number of nitrogens with one attached hydrogen (secondary N) is 1. The highest BCUT2D eigenvalue weighted by Gasteiger charge is 2.30. The van der Waals surface area contributed by atoms with Gasteiger partial charge >= 0.3 is 0 Å². The van der Waals surface area contributed by atoms with Gasteiger partial charge in [0.2, 0.25) is 0 Å². The van der Waals surface area contributed by atoms with E-state index in [9.17, 15) is 4.79 Å². The molecule has 1 saturated heterocycles. The van der Waals surface area contributed by atoms with Gasteiger partial charge in [-0.05, 0) is 48.1 Å². The van der Waals surface area contributed by atoms with Crippen LogP contribution in [0.1, 0.15) is 60.1 Å². The van der Waals surface area contributed by atoms with Crippen LogP contribution in [0.15, 0.2) is 42.5 Å². The van der Waals surface area contributed by atoms with E-state index in [0.29, 0.717) is 17.3 Å². The van der Waals surface area contributed by atoms with Crippen molar-refractivity contribution in [2.45, 2.75) is 38.6 Å². The Labute approximate surface area is 153 Å². The number of amides is 1. The van der Waals surface area contributed by atoms with Crippen LogP contribution in [0.5, 0.6) is 0 Å². The number of H-pyrrole nitrogens is 1. The molecule has 0 saturated carbocycles. The van der Waals surface area contributed by atoms with Gasteiger partial charge in [-0.3, -0.25) is 9.89 Å². The van der Waals surface area contributed by atoms with Crippen LogP contribution < -0.4 is 5.73 Å². The van der Waals surface area contributed by atoms with Crippen molar-refractivity contribution >= 4 is 22.6 Å². The van der Waals surface area contributed by atoms with E-state index >= 15 is 0 Å². The van der Waals surface area contributed by atoms with Crippen LogP contribution in [0.2, 0.25) is 0 Å². The van der Waals surface area contributed by atoms with Gasteiger partial charge in [-0.1, -0.05) is 38.1 Å². The molecule has 26 heavy (non-hydrogen) atoms. The van der Waals surface area contributed by atoms with Crippen LogP contribution in [0.3, 0.4) is 0 Å². The third kappa shape index (κ3) is 2.83. The monoisotopic (exact) mass is 348 g/mol. The Hall–Kier alpha value is -2.82. The van der Waals surface area contributed by atoms with E-state index in [1.807, 2.05) is 23.1 Å². The highest BCUT2D eigenvalue weighted by atomic mass is 16.2. The van der Waals surface area contributed by atoms with Gasteiger partial charge in [0.05, 0.1) is 11.6 Å². The molecule has 2 heterocycles. The SMILES string of the molecule is CC(C)c1ccc([C@@H]2CCCN2C(=O)c2ccc3[nH]nc(N)c3c2)cc1. The van der Waals surface area contributed by atoms with E-state index < -0.39 is 0 Å². The minimum absolute atomic E-state index is 0.0583. The van der Waals surface area contributed by atoms with Crippen LogP contribution >= 0.6 is 0 Å². The van der Waals surface area contributed by atoms with Crippen LogP contribution in [-0.4, -0.2) is 27.5 Å². The molecule has 3 N–H and O–H groups in total. The number of anilines is 1. The molecule has 0 bridgehead atoms. The molecule has 1 amide bonds. The molecule has 1 fully saturated rings. The summed E-state index contributed by atoms with van der Waals surface area (Å²) in [7, 11) is 0. The van der Waals surface area contributed by atoms with Crippen molar-refractivity contribution < 1.29 is 4.79 Å². The van der Waals surface area contributed by atoms with E-state index in [0.717, 1.165) is 30.3 Å². The summed E-state index contributed by atoms with van der Waals surface area (Å²) in [6.07, 6.45) is 2.03. The maximum atomic E-state index is 13.1. The minimum atomic E-state index is 0.0583. The molecule has 5 nitrogen and oxygen atoms in total. The first-order chi connectivity index (χ1) is 12.5. The number of carbonyl (C=O) groups excluding carboxylic acids is 1. The maximum absolute atomic E-state index is 13.1. The summed E-state index contributed by atoms with van der Waals surface area (Å²) in [6, 6.07) is 14.4. The molecular formula is C21H24N4O. The van der Waals surface area contributed by atoms with E-state index in [4.69, 9.17) is 5.73 Å². The molecule has 0 aliphatic carbocycles.